The lowest BCUT2D eigenvalue weighted by molar-refractivity contribution is 0.475. The van der Waals surface area contributed by atoms with Crippen LogP contribution >= 0.6 is 8.73 Å². The molecule has 2 nitrogen and oxygen atoms in total. The Morgan fingerprint density at radius 3 is 2.22 bits per heavy atom. The minimum absolute atomic E-state index is 0.289. The molecule has 1 atom stereocenters. The number of hydrogen-bond acceptors (Lipinski definition) is 2. The van der Waals surface area contributed by atoms with Crippen molar-refractivity contribution < 1.29 is 5.11 Å². The lowest BCUT2D eigenvalue weighted by atomic mass is 10.3. The zero-order valence-electron chi connectivity index (χ0n) is 4.83. The van der Waals surface area contributed by atoms with Crippen molar-refractivity contribution in [3.8, 4) is 5.75 Å². The molecule has 9 heavy (non-hydrogen) atoms. The molecule has 0 aliphatic heterocycles. The van der Waals surface area contributed by atoms with Crippen molar-refractivity contribution >= 4 is 14.0 Å². The van der Waals surface area contributed by atoms with Crippen molar-refractivity contribution in [2.75, 3.05) is 0 Å². The lowest BCUT2D eigenvalue weighted by Gasteiger charge is -1.93. The van der Waals surface area contributed by atoms with Crippen LogP contribution in [0.5, 0.6) is 5.75 Å². The largest absolute Gasteiger partial charge is 0.508 e. The molecule has 1 rings (SSSR count). The van der Waals surface area contributed by atoms with E-state index in [0.717, 1.165) is 5.30 Å². The number of nitrogens with two attached hydrogens (primary N) is 1. The maximum atomic E-state index is 8.81. The predicted octanol–water partition coefficient (Wildman–Crippen LogP) is 0.570. The number of hydrogen-bond donors (Lipinski definition) is 2. The quantitative estimate of drug-likeness (QED) is 0.561. The fraction of sp³-hybridized carbons (Fsp3) is 0. The molecule has 0 fully saturated rings. The van der Waals surface area contributed by atoms with Crippen LogP contribution in [0.2, 0.25) is 0 Å². The Bertz CT molecular complexity index is 185. The molecule has 0 spiro atoms. The topological polar surface area (TPSA) is 46.2 Å². The summed E-state index contributed by atoms with van der Waals surface area (Å²) in [5, 5.41) is 9.88. The molecule has 3 heteroatoms. The van der Waals surface area contributed by atoms with Crippen molar-refractivity contribution in [1.82, 2.24) is 0 Å². The van der Waals surface area contributed by atoms with Gasteiger partial charge < -0.3 is 10.6 Å². The average Bonchev–Trinajstić information content (AvgIpc) is 1.90. The van der Waals surface area contributed by atoms with E-state index in [0.29, 0.717) is 8.73 Å². The first-order valence-electron chi connectivity index (χ1n) is 2.58. The fourth-order valence-corrected chi connectivity index (χ4v) is 0.917. The van der Waals surface area contributed by atoms with Gasteiger partial charge in [0.05, 0.1) is 0 Å². The van der Waals surface area contributed by atoms with E-state index in [1.807, 2.05) is 12.1 Å². The third-order valence-corrected chi connectivity index (χ3v) is 1.70. The van der Waals surface area contributed by atoms with Gasteiger partial charge in [0.2, 0.25) is 0 Å². The third-order valence-electron chi connectivity index (χ3n) is 1.03. The molecule has 1 aromatic carbocycles. The monoisotopic (exact) mass is 141 g/mol. The molecule has 1 unspecified atom stereocenters. The van der Waals surface area contributed by atoms with Crippen LogP contribution in [0.1, 0.15) is 0 Å². The van der Waals surface area contributed by atoms with Gasteiger partial charge in [-0.1, -0.05) is 0 Å². The van der Waals surface area contributed by atoms with Crippen molar-refractivity contribution in [1.29, 1.82) is 0 Å². The van der Waals surface area contributed by atoms with E-state index in [9.17, 15) is 0 Å². The normalized spacial score (nSPS) is 10.8. The van der Waals surface area contributed by atoms with Gasteiger partial charge in [-0.2, -0.15) is 0 Å². The Morgan fingerprint density at radius 2 is 1.78 bits per heavy atom. The summed E-state index contributed by atoms with van der Waals surface area (Å²) in [5.74, 6) is 0.289. The highest BCUT2D eigenvalue weighted by Gasteiger charge is 1.86. The van der Waals surface area contributed by atoms with Gasteiger partial charge in [0.15, 0.2) is 0 Å². The summed E-state index contributed by atoms with van der Waals surface area (Å²) in [6, 6.07) is 6.89. The van der Waals surface area contributed by atoms with E-state index in [1.165, 1.54) is 0 Å². The van der Waals surface area contributed by atoms with E-state index in [4.69, 9.17) is 10.6 Å². The SMILES string of the molecule is NPc1ccc(O)cc1. The maximum Gasteiger partial charge on any atom is 0.115 e. The predicted molar refractivity (Wildman–Crippen MR) is 40.2 cm³/mol. The average molecular weight is 141 g/mol. The number of rotatable bonds is 1. The highest BCUT2D eigenvalue weighted by Crippen LogP contribution is 2.06. The van der Waals surface area contributed by atoms with Crippen molar-refractivity contribution in [2.45, 2.75) is 0 Å². The molecule has 3 N–H and O–H groups in total. The Hall–Kier alpha value is -0.590. The molecule has 0 aliphatic rings. The minimum atomic E-state index is 0.289. The molecular formula is C6H8NOP. The van der Waals surface area contributed by atoms with Crippen LogP contribution < -0.4 is 10.8 Å². The van der Waals surface area contributed by atoms with E-state index < -0.39 is 0 Å². The smallest absolute Gasteiger partial charge is 0.115 e. The highest BCUT2D eigenvalue weighted by molar-refractivity contribution is 7.44. The number of benzene rings is 1. The zero-order valence-corrected chi connectivity index (χ0v) is 5.83. The van der Waals surface area contributed by atoms with Gasteiger partial charge in [0.25, 0.3) is 0 Å². The van der Waals surface area contributed by atoms with Gasteiger partial charge in [-0.25, -0.2) is 0 Å². The van der Waals surface area contributed by atoms with E-state index >= 15 is 0 Å². The van der Waals surface area contributed by atoms with Crippen molar-refractivity contribution in [3.63, 3.8) is 0 Å². The standard InChI is InChI=1S/C6H8NOP/c7-9-6-3-1-5(8)2-4-6/h1-4,8-9H,7H2. The number of phenolic OH excluding ortho intramolecular Hbond substituents is 1. The van der Waals surface area contributed by atoms with Crippen LogP contribution in [0.15, 0.2) is 24.3 Å². The first-order valence-corrected chi connectivity index (χ1v) is 3.66. The summed E-state index contributed by atoms with van der Waals surface area (Å²) in [6.07, 6.45) is 0. The van der Waals surface area contributed by atoms with Gasteiger partial charge in [-0.05, 0) is 38.3 Å². The van der Waals surface area contributed by atoms with E-state index in [2.05, 4.69) is 0 Å². The van der Waals surface area contributed by atoms with E-state index in [1.54, 1.807) is 12.1 Å². The van der Waals surface area contributed by atoms with Gasteiger partial charge >= 0.3 is 0 Å². The Balaban J connectivity index is 2.88. The van der Waals surface area contributed by atoms with E-state index in [-0.39, 0.29) is 5.75 Å². The summed E-state index contributed by atoms with van der Waals surface area (Å²) in [5.41, 5.74) is 5.35. The number of aromatic hydroxyl groups is 1. The van der Waals surface area contributed by atoms with Gasteiger partial charge in [-0.3, -0.25) is 0 Å². The van der Waals surface area contributed by atoms with Crippen molar-refractivity contribution in [3.05, 3.63) is 24.3 Å². The van der Waals surface area contributed by atoms with Crippen LogP contribution in [-0.2, 0) is 0 Å². The first kappa shape index (κ1) is 6.53. The molecule has 0 saturated carbocycles. The summed E-state index contributed by atoms with van der Waals surface area (Å²) in [4.78, 5) is 0. The minimum Gasteiger partial charge on any atom is -0.508 e. The first-order chi connectivity index (χ1) is 4.33. The second-order valence-electron chi connectivity index (χ2n) is 1.69. The zero-order chi connectivity index (χ0) is 6.69. The summed E-state index contributed by atoms with van der Waals surface area (Å²) in [7, 11) is 0.315. The summed E-state index contributed by atoms with van der Waals surface area (Å²) >= 11 is 0. The second-order valence-corrected chi connectivity index (χ2v) is 2.56. The molecule has 1 aromatic rings. The van der Waals surface area contributed by atoms with Crippen LogP contribution in [0.4, 0.5) is 0 Å². The number of phenols is 1. The Kier molecular flexibility index (Phi) is 2.04. The Morgan fingerprint density at radius 1 is 1.22 bits per heavy atom. The maximum absolute atomic E-state index is 8.81. The lowest BCUT2D eigenvalue weighted by Crippen LogP contribution is -1.94. The summed E-state index contributed by atoms with van der Waals surface area (Å²) in [6.45, 7) is 0. The fourth-order valence-electron chi connectivity index (χ4n) is 0.558. The second kappa shape index (κ2) is 2.81. The van der Waals surface area contributed by atoms with Gasteiger partial charge in [0.1, 0.15) is 5.75 Å². The molecule has 48 valence electrons. The van der Waals surface area contributed by atoms with Crippen molar-refractivity contribution in [2.24, 2.45) is 5.50 Å². The third kappa shape index (κ3) is 1.67. The van der Waals surface area contributed by atoms with Crippen LogP contribution in [0.3, 0.4) is 0 Å². The molecule has 0 radical (unpaired) electrons. The highest BCUT2D eigenvalue weighted by atomic mass is 31.1. The molecular weight excluding hydrogens is 133 g/mol. The van der Waals surface area contributed by atoms with Gasteiger partial charge in [0, 0.05) is 0 Å². The summed E-state index contributed by atoms with van der Waals surface area (Å²) < 4.78 is 0. The molecule has 0 amide bonds. The van der Waals surface area contributed by atoms with Crippen LogP contribution in [0.25, 0.3) is 0 Å². The molecule has 0 aliphatic carbocycles. The molecule has 0 heterocycles. The molecule has 0 saturated heterocycles. The molecule has 0 aromatic heterocycles. The Labute approximate surface area is 55.5 Å². The van der Waals surface area contributed by atoms with Crippen LogP contribution in [0, 0.1) is 0 Å². The van der Waals surface area contributed by atoms with Crippen LogP contribution in [-0.4, -0.2) is 5.11 Å². The van der Waals surface area contributed by atoms with Gasteiger partial charge in [-0.15, -0.1) is 0 Å². The molecule has 0 bridgehead atoms.